The predicted molar refractivity (Wildman–Crippen MR) is 87.4 cm³/mol. The monoisotopic (exact) mass is 370 g/mol. The Kier molecular flexibility index (Phi) is 14.6. The average molecular weight is 370 g/mol. The maximum absolute atomic E-state index is 9.41. The van der Waals surface area contributed by atoms with Crippen LogP contribution in [0.4, 0.5) is 0 Å². The molecular weight excluding hydrogens is 339 g/mol. The third kappa shape index (κ3) is 11.7. The van der Waals surface area contributed by atoms with Crippen molar-refractivity contribution in [2.75, 3.05) is 6.61 Å². The molecule has 0 aliphatic rings. The van der Waals surface area contributed by atoms with E-state index in [9.17, 15) is 5.11 Å². The van der Waals surface area contributed by atoms with Gasteiger partial charge in [-0.25, -0.2) is 0 Å². The zero-order chi connectivity index (χ0) is 13.6. The van der Waals surface area contributed by atoms with Crippen LogP contribution in [0.2, 0.25) is 0 Å². The Bertz CT molecular complexity index is 165. The molecule has 18 heavy (non-hydrogen) atoms. The number of hydrogen-bond donors (Lipinski definition) is 2. The third-order valence-electron chi connectivity index (χ3n) is 3.44. The summed E-state index contributed by atoms with van der Waals surface area (Å²) in [6, 6.07) is 0. The second kappa shape index (κ2) is 14.1. The quantitative estimate of drug-likeness (QED) is 0.286. The number of aliphatic hydroxyl groups is 2. The number of halogens is 1. The van der Waals surface area contributed by atoms with Crippen molar-refractivity contribution >= 4 is 22.6 Å². The van der Waals surface area contributed by atoms with Crippen molar-refractivity contribution in [2.24, 2.45) is 0 Å². The van der Waals surface area contributed by atoms with Crippen molar-refractivity contribution in [1.82, 2.24) is 0 Å². The smallest absolute Gasteiger partial charge is 0.0888 e. The van der Waals surface area contributed by atoms with Gasteiger partial charge in [0.15, 0.2) is 0 Å². The van der Waals surface area contributed by atoms with Gasteiger partial charge >= 0.3 is 0 Å². The summed E-state index contributed by atoms with van der Waals surface area (Å²) >= 11 is 2.24. The summed E-state index contributed by atoms with van der Waals surface area (Å²) in [5.41, 5.74) is 0. The maximum atomic E-state index is 9.41. The minimum absolute atomic E-state index is 0.106. The Morgan fingerprint density at radius 2 is 1.28 bits per heavy atom. The molecule has 0 unspecified atom stereocenters. The second-order valence-corrected chi connectivity index (χ2v) is 6.84. The fourth-order valence-corrected chi connectivity index (χ4v) is 2.80. The molecule has 0 bridgehead atoms. The third-order valence-corrected chi connectivity index (χ3v) is 4.89. The van der Waals surface area contributed by atoms with Gasteiger partial charge in [-0.2, -0.15) is 0 Å². The number of unbranched alkanes of at least 4 members (excludes halogenated alkanes) is 9. The lowest BCUT2D eigenvalue weighted by Crippen LogP contribution is -2.23. The van der Waals surface area contributed by atoms with E-state index in [1.165, 1.54) is 64.2 Å². The number of rotatable bonds is 13. The fraction of sp³-hybridized carbons (Fsp3) is 1.00. The van der Waals surface area contributed by atoms with Gasteiger partial charge in [-0.1, -0.05) is 93.7 Å². The summed E-state index contributed by atoms with van der Waals surface area (Å²) in [5.74, 6) is 0. The van der Waals surface area contributed by atoms with E-state index in [-0.39, 0.29) is 10.5 Å². The van der Waals surface area contributed by atoms with E-state index in [4.69, 9.17) is 5.11 Å². The summed E-state index contributed by atoms with van der Waals surface area (Å²) < 4.78 is 0.210. The standard InChI is InChI=1S/C15H31IO2/c1-2-3-4-5-6-7-8-9-10-11-12-14(16)15(18)13-17/h14-15,17-18H,2-13H2,1H3/t14-,15+/m0/s1. The molecule has 0 spiro atoms. The minimum Gasteiger partial charge on any atom is -0.394 e. The lowest BCUT2D eigenvalue weighted by atomic mass is 10.0. The first kappa shape index (κ1) is 18.7. The first-order valence-corrected chi connectivity index (χ1v) is 8.90. The van der Waals surface area contributed by atoms with Gasteiger partial charge in [-0.05, 0) is 6.42 Å². The molecule has 0 saturated carbocycles. The average Bonchev–Trinajstić information content (AvgIpc) is 2.39. The summed E-state index contributed by atoms with van der Waals surface area (Å²) in [6.45, 7) is 2.15. The van der Waals surface area contributed by atoms with Gasteiger partial charge in [-0.3, -0.25) is 0 Å². The highest BCUT2D eigenvalue weighted by Gasteiger charge is 2.13. The Labute approximate surface area is 127 Å². The maximum Gasteiger partial charge on any atom is 0.0888 e. The molecule has 0 heterocycles. The molecule has 0 aromatic rings. The highest BCUT2D eigenvalue weighted by Crippen LogP contribution is 2.17. The molecule has 0 aromatic carbocycles. The largest absolute Gasteiger partial charge is 0.394 e. The van der Waals surface area contributed by atoms with Gasteiger partial charge < -0.3 is 10.2 Å². The highest BCUT2D eigenvalue weighted by atomic mass is 127. The molecule has 0 radical (unpaired) electrons. The minimum atomic E-state index is -0.538. The summed E-state index contributed by atoms with van der Waals surface area (Å²) in [6.07, 6.45) is 14.0. The van der Waals surface area contributed by atoms with Crippen LogP contribution in [0.15, 0.2) is 0 Å². The van der Waals surface area contributed by atoms with Gasteiger partial charge in [0.25, 0.3) is 0 Å². The van der Waals surface area contributed by atoms with Crippen LogP contribution in [0.25, 0.3) is 0 Å². The molecule has 0 fully saturated rings. The fourth-order valence-electron chi connectivity index (χ4n) is 2.13. The first-order chi connectivity index (χ1) is 8.72. The van der Waals surface area contributed by atoms with E-state index < -0.39 is 6.10 Å². The van der Waals surface area contributed by atoms with Crippen molar-refractivity contribution < 1.29 is 10.2 Å². The first-order valence-electron chi connectivity index (χ1n) is 7.65. The molecule has 3 heteroatoms. The molecular formula is C15H31IO2. The van der Waals surface area contributed by atoms with Crippen molar-refractivity contribution in [3.8, 4) is 0 Å². The lowest BCUT2D eigenvalue weighted by Gasteiger charge is -2.14. The van der Waals surface area contributed by atoms with Crippen LogP contribution < -0.4 is 0 Å². The van der Waals surface area contributed by atoms with Crippen LogP contribution in [0, 0.1) is 0 Å². The van der Waals surface area contributed by atoms with Gasteiger partial charge in [0.2, 0.25) is 0 Å². The number of alkyl halides is 1. The molecule has 0 aromatic heterocycles. The van der Waals surface area contributed by atoms with Crippen LogP contribution >= 0.6 is 22.6 Å². The number of hydrogen-bond acceptors (Lipinski definition) is 2. The van der Waals surface area contributed by atoms with Crippen LogP contribution in [0.5, 0.6) is 0 Å². The topological polar surface area (TPSA) is 40.5 Å². The number of aliphatic hydroxyl groups excluding tert-OH is 2. The molecule has 0 saturated heterocycles. The molecule has 0 aliphatic carbocycles. The van der Waals surface area contributed by atoms with E-state index in [1.54, 1.807) is 0 Å². The SMILES string of the molecule is CCCCCCCCCCCC[C@H](I)[C@H](O)CO. The highest BCUT2D eigenvalue weighted by molar-refractivity contribution is 14.1. The van der Waals surface area contributed by atoms with E-state index in [2.05, 4.69) is 29.5 Å². The van der Waals surface area contributed by atoms with Crippen molar-refractivity contribution in [3.05, 3.63) is 0 Å². The van der Waals surface area contributed by atoms with E-state index >= 15 is 0 Å². The van der Waals surface area contributed by atoms with E-state index in [1.807, 2.05) is 0 Å². The van der Waals surface area contributed by atoms with E-state index in [0.29, 0.717) is 0 Å². The van der Waals surface area contributed by atoms with Gasteiger partial charge in [-0.15, -0.1) is 0 Å². The Balaban J connectivity index is 3.11. The van der Waals surface area contributed by atoms with Gasteiger partial charge in [0.05, 0.1) is 12.7 Å². The molecule has 2 atom stereocenters. The van der Waals surface area contributed by atoms with Crippen LogP contribution in [-0.2, 0) is 0 Å². The zero-order valence-corrected chi connectivity index (χ0v) is 14.1. The molecule has 0 aliphatic heterocycles. The summed E-state index contributed by atoms with van der Waals surface area (Å²) in [4.78, 5) is 0. The van der Waals surface area contributed by atoms with Crippen LogP contribution in [0.3, 0.4) is 0 Å². The van der Waals surface area contributed by atoms with Gasteiger partial charge in [0, 0.05) is 3.92 Å². The van der Waals surface area contributed by atoms with Crippen LogP contribution in [0.1, 0.15) is 77.6 Å². The molecule has 2 N–H and O–H groups in total. The Morgan fingerprint density at radius 3 is 1.72 bits per heavy atom. The van der Waals surface area contributed by atoms with Crippen molar-refractivity contribution in [2.45, 2.75) is 87.6 Å². The second-order valence-electron chi connectivity index (χ2n) is 5.24. The Morgan fingerprint density at radius 1 is 0.833 bits per heavy atom. The van der Waals surface area contributed by atoms with Crippen molar-refractivity contribution in [1.29, 1.82) is 0 Å². The molecule has 0 amide bonds. The summed E-state index contributed by atoms with van der Waals surface area (Å²) in [5, 5.41) is 18.2. The summed E-state index contributed by atoms with van der Waals surface area (Å²) in [7, 11) is 0. The zero-order valence-electron chi connectivity index (χ0n) is 11.9. The predicted octanol–water partition coefficient (Wildman–Crippen LogP) is 4.45. The van der Waals surface area contributed by atoms with Crippen molar-refractivity contribution in [3.63, 3.8) is 0 Å². The van der Waals surface area contributed by atoms with E-state index in [0.717, 1.165) is 6.42 Å². The Hall–Kier alpha value is 0.650. The molecule has 0 rings (SSSR count). The van der Waals surface area contributed by atoms with Gasteiger partial charge in [0.1, 0.15) is 0 Å². The lowest BCUT2D eigenvalue weighted by molar-refractivity contribution is 0.0942. The van der Waals surface area contributed by atoms with Crippen LogP contribution in [-0.4, -0.2) is 26.8 Å². The molecule has 2 nitrogen and oxygen atoms in total. The normalized spacial score (nSPS) is 14.7. The molecule has 110 valence electrons.